The minimum Gasteiger partial charge on any atom is -0.478 e. The molecule has 112 valence electrons. The highest BCUT2D eigenvalue weighted by Crippen LogP contribution is 2.38. The van der Waals surface area contributed by atoms with Crippen molar-refractivity contribution in [2.45, 2.75) is 25.9 Å². The van der Waals surface area contributed by atoms with Crippen LogP contribution in [0.3, 0.4) is 0 Å². The van der Waals surface area contributed by atoms with Gasteiger partial charge in [-0.05, 0) is 19.4 Å². The van der Waals surface area contributed by atoms with Crippen molar-refractivity contribution in [3.63, 3.8) is 0 Å². The van der Waals surface area contributed by atoms with Gasteiger partial charge < -0.3 is 10.4 Å². The van der Waals surface area contributed by atoms with Gasteiger partial charge in [0.05, 0.1) is 5.56 Å². The Bertz CT molecular complexity index is 564. The smallest absolute Gasteiger partial charge is 0.463 e. The zero-order valence-corrected chi connectivity index (χ0v) is 10.9. The highest BCUT2D eigenvalue weighted by Gasteiger charge is 2.63. The first-order chi connectivity index (χ1) is 8.89. The average Bonchev–Trinajstić information content (AvgIpc) is 2.52. The van der Waals surface area contributed by atoms with Crippen molar-refractivity contribution >= 4 is 28.2 Å². The SMILES string of the molecule is Cc1sc(NC(=O)C(F)(F)C(F)(F)F)c(C(=O)O)c1C. The van der Waals surface area contributed by atoms with Crippen LogP contribution in [0, 0.1) is 13.8 Å². The fraction of sp³-hybridized carbons (Fsp3) is 0.400. The lowest BCUT2D eigenvalue weighted by molar-refractivity contribution is -0.267. The fourth-order valence-electron chi connectivity index (χ4n) is 1.28. The number of amides is 1. The van der Waals surface area contributed by atoms with E-state index < -0.39 is 34.5 Å². The molecule has 2 N–H and O–H groups in total. The van der Waals surface area contributed by atoms with Crippen LogP contribution in [0.4, 0.5) is 27.0 Å². The van der Waals surface area contributed by atoms with Gasteiger partial charge in [-0.25, -0.2) is 4.79 Å². The Kier molecular flexibility index (Phi) is 4.09. The van der Waals surface area contributed by atoms with E-state index in [1.807, 2.05) is 0 Å². The van der Waals surface area contributed by atoms with E-state index in [2.05, 4.69) is 0 Å². The standard InChI is InChI=1S/C10H8F5NO3S/c1-3-4(2)20-6(5(3)7(17)18)16-8(19)9(11,12)10(13,14)15/h1-2H3,(H,16,19)(H,17,18). The minimum atomic E-state index is -6.05. The van der Waals surface area contributed by atoms with Crippen molar-refractivity contribution in [2.24, 2.45) is 0 Å². The van der Waals surface area contributed by atoms with Gasteiger partial charge in [-0.3, -0.25) is 4.79 Å². The topological polar surface area (TPSA) is 66.4 Å². The Balaban J connectivity index is 3.16. The maximum absolute atomic E-state index is 12.8. The first kappa shape index (κ1) is 16.3. The molecule has 0 aliphatic carbocycles. The van der Waals surface area contributed by atoms with Crippen LogP contribution in [0.1, 0.15) is 20.8 Å². The normalized spacial score (nSPS) is 12.3. The molecule has 10 heteroatoms. The van der Waals surface area contributed by atoms with E-state index in [1.165, 1.54) is 19.2 Å². The fourth-order valence-corrected chi connectivity index (χ4v) is 2.33. The number of carbonyl (C=O) groups is 2. The second-order valence-corrected chi connectivity index (χ2v) is 5.04. The lowest BCUT2D eigenvalue weighted by atomic mass is 10.1. The predicted octanol–water partition coefficient (Wildman–Crippen LogP) is 3.20. The zero-order chi connectivity index (χ0) is 15.9. The Morgan fingerprint density at radius 1 is 1.15 bits per heavy atom. The van der Waals surface area contributed by atoms with E-state index in [9.17, 15) is 31.5 Å². The van der Waals surface area contributed by atoms with Crippen LogP contribution in [-0.2, 0) is 4.79 Å². The van der Waals surface area contributed by atoms with Crippen LogP contribution in [0.25, 0.3) is 0 Å². The van der Waals surface area contributed by atoms with Crippen molar-refractivity contribution < 1.29 is 36.6 Å². The molecule has 4 nitrogen and oxygen atoms in total. The van der Waals surface area contributed by atoms with E-state index in [0.717, 1.165) is 0 Å². The third-order valence-electron chi connectivity index (χ3n) is 2.47. The van der Waals surface area contributed by atoms with E-state index in [1.54, 1.807) is 0 Å². The Labute approximate surface area is 113 Å². The van der Waals surface area contributed by atoms with Crippen LogP contribution in [0.2, 0.25) is 0 Å². The van der Waals surface area contributed by atoms with Gasteiger partial charge in [0.25, 0.3) is 0 Å². The maximum Gasteiger partial charge on any atom is 0.463 e. The number of anilines is 1. The minimum absolute atomic E-state index is 0.188. The Morgan fingerprint density at radius 3 is 2.05 bits per heavy atom. The number of carbonyl (C=O) groups excluding carboxylic acids is 1. The molecule has 1 amide bonds. The molecule has 1 heterocycles. The first-order valence-corrected chi connectivity index (χ1v) is 5.80. The molecule has 0 aromatic carbocycles. The van der Waals surface area contributed by atoms with Gasteiger partial charge in [0.1, 0.15) is 5.00 Å². The number of halogens is 5. The summed E-state index contributed by atoms with van der Waals surface area (Å²) in [6.07, 6.45) is -6.05. The highest BCUT2D eigenvalue weighted by atomic mass is 32.1. The molecule has 0 atom stereocenters. The molecule has 0 radical (unpaired) electrons. The summed E-state index contributed by atoms with van der Waals surface area (Å²) < 4.78 is 61.6. The van der Waals surface area contributed by atoms with E-state index in [-0.39, 0.29) is 5.56 Å². The van der Waals surface area contributed by atoms with Crippen LogP contribution < -0.4 is 5.32 Å². The van der Waals surface area contributed by atoms with Gasteiger partial charge in [-0.15, -0.1) is 11.3 Å². The Hall–Kier alpha value is -1.71. The van der Waals surface area contributed by atoms with Gasteiger partial charge >= 0.3 is 24.0 Å². The first-order valence-electron chi connectivity index (χ1n) is 4.99. The number of alkyl halides is 5. The molecule has 0 aliphatic heterocycles. The van der Waals surface area contributed by atoms with E-state index in [4.69, 9.17) is 5.11 Å². The second kappa shape index (κ2) is 5.00. The third-order valence-corrected chi connectivity index (χ3v) is 3.59. The summed E-state index contributed by atoms with van der Waals surface area (Å²) in [5.74, 6) is -9.75. The van der Waals surface area contributed by atoms with Crippen molar-refractivity contribution in [1.82, 2.24) is 0 Å². The molecule has 0 spiro atoms. The molecular formula is C10H8F5NO3S. The molecule has 20 heavy (non-hydrogen) atoms. The molecule has 0 unspecified atom stereocenters. The van der Waals surface area contributed by atoms with Gasteiger partial charge in [0.2, 0.25) is 0 Å². The molecular weight excluding hydrogens is 309 g/mol. The number of rotatable bonds is 3. The van der Waals surface area contributed by atoms with Gasteiger partial charge in [0, 0.05) is 4.88 Å². The zero-order valence-electron chi connectivity index (χ0n) is 10.1. The molecule has 0 saturated heterocycles. The highest BCUT2D eigenvalue weighted by molar-refractivity contribution is 7.16. The van der Waals surface area contributed by atoms with Gasteiger partial charge in [-0.2, -0.15) is 22.0 Å². The number of aromatic carboxylic acids is 1. The van der Waals surface area contributed by atoms with Crippen LogP contribution in [-0.4, -0.2) is 29.1 Å². The number of hydrogen-bond donors (Lipinski definition) is 2. The summed E-state index contributed by atoms with van der Waals surface area (Å²) in [5, 5.41) is 9.66. The Morgan fingerprint density at radius 2 is 1.65 bits per heavy atom. The summed E-state index contributed by atoms with van der Waals surface area (Å²) in [6.45, 7) is 2.80. The molecule has 0 fully saturated rings. The monoisotopic (exact) mass is 317 g/mol. The maximum atomic E-state index is 12.8. The number of hydrogen-bond acceptors (Lipinski definition) is 3. The average molecular weight is 317 g/mol. The largest absolute Gasteiger partial charge is 0.478 e. The second-order valence-electron chi connectivity index (χ2n) is 3.82. The molecule has 1 rings (SSSR count). The van der Waals surface area contributed by atoms with Crippen molar-refractivity contribution in [1.29, 1.82) is 0 Å². The number of nitrogens with one attached hydrogen (secondary N) is 1. The third kappa shape index (κ3) is 2.74. The molecule has 1 aromatic heterocycles. The van der Waals surface area contributed by atoms with Crippen LogP contribution >= 0.6 is 11.3 Å². The lowest BCUT2D eigenvalue weighted by Crippen LogP contribution is -2.47. The van der Waals surface area contributed by atoms with Crippen molar-refractivity contribution in [2.75, 3.05) is 5.32 Å². The molecule has 1 aromatic rings. The van der Waals surface area contributed by atoms with E-state index in [0.29, 0.717) is 16.2 Å². The van der Waals surface area contributed by atoms with Crippen molar-refractivity contribution in [3.05, 3.63) is 16.0 Å². The number of carboxylic acid groups (broad SMARTS) is 1. The summed E-state index contributed by atoms with van der Waals surface area (Å²) >= 11 is 0.611. The molecule has 0 aliphatic rings. The summed E-state index contributed by atoms with van der Waals surface area (Å²) in [4.78, 5) is 22.3. The van der Waals surface area contributed by atoms with Crippen LogP contribution in [0.15, 0.2) is 0 Å². The number of aryl methyl sites for hydroxylation is 1. The quantitative estimate of drug-likeness (QED) is 0.841. The number of thiophene rings is 1. The van der Waals surface area contributed by atoms with Crippen molar-refractivity contribution in [3.8, 4) is 0 Å². The summed E-state index contributed by atoms with van der Waals surface area (Å²) in [6, 6.07) is 0. The lowest BCUT2D eigenvalue weighted by Gasteiger charge is -2.18. The van der Waals surface area contributed by atoms with E-state index >= 15 is 0 Å². The molecule has 0 saturated carbocycles. The van der Waals surface area contributed by atoms with Gasteiger partial charge in [0.15, 0.2) is 0 Å². The number of carboxylic acids is 1. The predicted molar refractivity (Wildman–Crippen MR) is 60.4 cm³/mol. The van der Waals surface area contributed by atoms with Crippen LogP contribution in [0.5, 0.6) is 0 Å². The molecule has 0 bridgehead atoms. The van der Waals surface area contributed by atoms with Gasteiger partial charge in [-0.1, -0.05) is 0 Å². The summed E-state index contributed by atoms with van der Waals surface area (Å²) in [7, 11) is 0. The summed E-state index contributed by atoms with van der Waals surface area (Å²) in [5.41, 5.74) is -0.313.